The van der Waals surface area contributed by atoms with Crippen LogP contribution in [0.15, 0.2) is 23.0 Å². The summed E-state index contributed by atoms with van der Waals surface area (Å²) in [4.78, 5) is 40.1. The zero-order valence-electron chi connectivity index (χ0n) is 21.2. The first-order chi connectivity index (χ1) is 17.3. The van der Waals surface area contributed by atoms with Gasteiger partial charge in [0.1, 0.15) is 23.4 Å². The summed E-state index contributed by atoms with van der Waals surface area (Å²) < 4.78 is 22.7. The highest BCUT2D eigenvalue weighted by Crippen LogP contribution is 2.85. The van der Waals surface area contributed by atoms with Crippen molar-refractivity contribution in [2.45, 2.75) is 81.6 Å². The number of rotatable bonds is 3. The predicted molar refractivity (Wildman–Crippen MR) is 121 cm³/mol. The van der Waals surface area contributed by atoms with E-state index in [1.165, 1.54) is 12.5 Å². The summed E-state index contributed by atoms with van der Waals surface area (Å²) in [6, 6.07) is 1.71. The van der Waals surface area contributed by atoms with Crippen molar-refractivity contribution in [1.29, 1.82) is 0 Å². The molecule has 2 aliphatic heterocycles. The summed E-state index contributed by atoms with van der Waals surface area (Å²) in [6.45, 7) is 5.34. The van der Waals surface area contributed by atoms with E-state index in [1.54, 1.807) is 19.9 Å². The highest BCUT2D eigenvalue weighted by atomic mass is 16.6. The topological polar surface area (TPSA) is 153 Å². The monoisotopic (exact) mass is 516 g/mol. The first-order valence-electron chi connectivity index (χ1n) is 12.9. The number of aliphatic hydroxyl groups excluding tert-OH is 1. The van der Waals surface area contributed by atoms with E-state index in [9.17, 15) is 29.7 Å². The third kappa shape index (κ3) is 2.08. The van der Waals surface area contributed by atoms with Crippen molar-refractivity contribution in [3.63, 3.8) is 0 Å². The first-order valence-corrected chi connectivity index (χ1v) is 12.9. The van der Waals surface area contributed by atoms with Crippen molar-refractivity contribution in [3.05, 3.63) is 24.2 Å². The van der Waals surface area contributed by atoms with Crippen molar-refractivity contribution in [2.75, 3.05) is 7.11 Å². The van der Waals surface area contributed by atoms with Crippen LogP contribution in [0, 0.1) is 34.0 Å². The Hall–Kier alpha value is -2.27. The molecule has 37 heavy (non-hydrogen) atoms. The van der Waals surface area contributed by atoms with Gasteiger partial charge >= 0.3 is 11.9 Å². The summed E-state index contributed by atoms with van der Waals surface area (Å²) in [5.41, 5.74) is -7.81. The van der Waals surface area contributed by atoms with Crippen LogP contribution in [0.5, 0.6) is 0 Å². The maximum Gasteiger partial charge on any atom is 0.335 e. The lowest BCUT2D eigenvalue weighted by molar-refractivity contribution is -0.295. The van der Waals surface area contributed by atoms with Crippen LogP contribution < -0.4 is 0 Å². The van der Waals surface area contributed by atoms with Crippen molar-refractivity contribution in [3.8, 4) is 0 Å². The lowest BCUT2D eigenvalue weighted by Gasteiger charge is -2.63. The van der Waals surface area contributed by atoms with Gasteiger partial charge in [0.25, 0.3) is 0 Å². The Morgan fingerprint density at radius 3 is 2.59 bits per heavy atom. The molecule has 2 saturated heterocycles. The quantitative estimate of drug-likeness (QED) is 0.497. The fraction of sp³-hybridized carbons (Fsp3) is 0.741. The van der Waals surface area contributed by atoms with Gasteiger partial charge in [-0.05, 0) is 31.2 Å². The number of furan rings is 1. The van der Waals surface area contributed by atoms with Crippen LogP contribution in [0.1, 0.15) is 58.1 Å². The van der Waals surface area contributed by atoms with E-state index in [0.717, 1.165) is 7.11 Å². The molecule has 6 aliphatic rings. The van der Waals surface area contributed by atoms with Crippen molar-refractivity contribution in [2.24, 2.45) is 34.0 Å². The SMILES string of the molecule is COC(=O)[C@@H](O)[C@@H]1[C@@]2(C)[C@H]3CC[C@@]4(C)[C@H](c5ccoc5)OC(=O)C[C@@]45O[C@H]4C(=O)[C@]1(C)C[C@@]2(O)[C@H]4[C@@]35O. The number of aliphatic hydroxyl groups is 3. The minimum Gasteiger partial charge on any atom is -0.472 e. The Bertz CT molecular complexity index is 1240. The Kier molecular flexibility index (Phi) is 4.17. The van der Waals surface area contributed by atoms with Crippen LogP contribution in [0.4, 0.5) is 0 Å². The number of esters is 2. The maximum absolute atomic E-state index is 14.2. The molecule has 3 heterocycles. The van der Waals surface area contributed by atoms with Gasteiger partial charge in [0.05, 0.1) is 37.6 Å². The van der Waals surface area contributed by atoms with Gasteiger partial charge in [-0.15, -0.1) is 0 Å². The number of carbonyl (C=O) groups excluding carboxylic acids is 3. The zero-order chi connectivity index (χ0) is 26.6. The molecule has 1 spiro atoms. The number of carbonyl (C=O) groups is 3. The standard InChI is InChI=1S/C27H32O10/c1-22-11-25(32)18-16(19(22)30)37-26-9-14(28)36-20(12-6-8-35-10-12)23(26,2)7-5-13(27(18,26)33)24(25,3)17(22)15(29)21(31)34-4/h6,8,10,13,15-18,20,29,32-33H,5,7,9,11H2,1-4H3/t13-,15+,16-,17+,18+,20+,22-,23+,24-,25-,26-,27+/m1/s1. The summed E-state index contributed by atoms with van der Waals surface area (Å²) in [6.07, 6.45) is -0.164. The smallest absolute Gasteiger partial charge is 0.335 e. The Morgan fingerprint density at radius 1 is 1.22 bits per heavy atom. The summed E-state index contributed by atoms with van der Waals surface area (Å²) in [7, 11) is 1.16. The van der Waals surface area contributed by atoms with E-state index in [0.29, 0.717) is 18.4 Å². The number of fused-ring (bicyclic) bond motifs is 2. The highest BCUT2D eigenvalue weighted by molar-refractivity contribution is 5.94. The van der Waals surface area contributed by atoms with Gasteiger partial charge in [0.2, 0.25) is 0 Å². The Morgan fingerprint density at radius 2 is 1.95 bits per heavy atom. The molecule has 6 fully saturated rings. The molecule has 12 atom stereocenters. The third-order valence-electron chi connectivity index (χ3n) is 11.9. The molecule has 10 nitrogen and oxygen atoms in total. The van der Waals surface area contributed by atoms with Crippen LogP contribution in [0.3, 0.4) is 0 Å². The molecule has 4 saturated carbocycles. The average molecular weight is 517 g/mol. The molecule has 3 N–H and O–H groups in total. The van der Waals surface area contributed by atoms with Gasteiger partial charge in [-0.1, -0.05) is 20.8 Å². The minimum atomic E-state index is -1.79. The summed E-state index contributed by atoms with van der Waals surface area (Å²) >= 11 is 0. The average Bonchev–Trinajstić information content (AvgIpc) is 3.52. The highest BCUT2D eigenvalue weighted by Gasteiger charge is 2.95. The second-order valence-electron chi connectivity index (χ2n) is 12.9. The van der Waals surface area contributed by atoms with E-state index in [-0.39, 0.29) is 18.6 Å². The molecular formula is C27H32O10. The van der Waals surface area contributed by atoms with Gasteiger partial charge in [-0.3, -0.25) is 9.59 Å². The molecule has 0 unspecified atom stereocenters. The number of hydrogen-bond acceptors (Lipinski definition) is 10. The fourth-order valence-electron chi connectivity index (χ4n) is 10.7. The second kappa shape index (κ2) is 6.47. The van der Waals surface area contributed by atoms with Gasteiger partial charge in [-0.2, -0.15) is 0 Å². The van der Waals surface area contributed by atoms with E-state index in [2.05, 4.69) is 0 Å². The molecule has 0 amide bonds. The molecule has 1 aromatic rings. The molecule has 4 aliphatic carbocycles. The van der Waals surface area contributed by atoms with Crippen LogP contribution in [0.2, 0.25) is 0 Å². The third-order valence-corrected chi connectivity index (χ3v) is 11.9. The molecule has 2 bridgehead atoms. The number of Topliss-reactive ketones (excluding diaryl/α,β-unsaturated/α-hetero) is 1. The Labute approximate surface area is 213 Å². The van der Waals surface area contributed by atoms with Crippen LogP contribution >= 0.6 is 0 Å². The van der Waals surface area contributed by atoms with Crippen molar-refractivity contribution < 1.29 is 48.3 Å². The van der Waals surface area contributed by atoms with Gasteiger partial charge in [-0.25, -0.2) is 4.79 Å². The first kappa shape index (κ1) is 23.8. The largest absolute Gasteiger partial charge is 0.472 e. The van der Waals surface area contributed by atoms with Gasteiger partial charge in [0.15, 0.2) is 11.9 Å². The summed E-state index contributed by atoms with van der Waals surface area (Å²) in [5.74, 6) is -4.55. The minimum absolute atomic E-state index is 0.0280. The van der Waals surface area contributed by atoms with Crippen molar-refractivity contribution >= 4 is 17.7 Å². The fourth-order valence-corrected chi connectivity index (χ4v) is 10.7. The second-order valence-corrected chi connectivity index (χ2v) is 12.9. The summed E-state index contributed by atoms with van der Waals surface area (Å²) in [5, 5.41) is 36.8. The number of cyclic esters (lactones) is 1. The van der Waals surface area contributed by atoms with Crippen LogP contribution in [0.25, 0.3) is 0 Å². The number of ether oxygens (including phenoxy) is 3. The van der Waals surface area contributed by atoms with Crippen molar-refractivity contribution in [1.82, 2.24) is 0 Å². The lowest BCUT2D eigenvalue weighted by atomic mass is 9.45. The van der Waals surface area contributed by atoms with Gasteiger partial charge in [0, 0.05) is 27.7 Å². The molecule has 1 aromatic heterocycles. The molecule has 0 aromatic carbocycles. The van der Waals surface area contributed by atoms with E-state index >= 15 is 0 Å². The van der Waals surface area contributed by atoms with E-state index < -0.39 is 81.1 Å². The van der Waals surface area contributed by atoms with Gasteiger partial charge < -0.3 is 33.9 Å². The van der Waals surface area contributed by atoms with Crippen LogP contribution in [-0.4, -0.2) is 69.2 Å². The lowest BCUT2D eigenvalue weighted by Crippen LogP contribution is -2.72. The molecular weight excluding hydrogens is 484 g/mol. The Balaban J connectivity index is 1.49. The zero-order valence-corrected chi connectivity index (χ0v) is 21.2. The predicted octanol–water partition coefficient (Wildman–Crippen LogP) is 1.06. The van der Waals surface area contributed by atoms with E-state index in [1.807, 2.05) is 6.92 Å². The van der Waals surface area contributed by atoms with E-state index in [4.69, 9.17) is 18.6 Å². The van der Waals surface area contributed by atoms with Crippen LogP contribution in [-0.2, 0) is 28.6 Å². The number of methoxy groups -OCH3 is 1. The molecule has 7 rings (SSSR count). The number of hydrogen-bond donors (Lipinski definition) is 3. The molecule has 10 heteroatoms. The molecule has 0 radical (unpaired) electrons. The number of ketones is 1. The normalized spacial score (nSPS) is 55.6. The molecule has 200 valence electrons. The maximum atomic E-state index is 14.2.